The summed E-state index contributed by atoms with van der Waals surface area (Å²) in [4.78, 5) is 0. The van der Waals surface area contributed by atoms with Gasteiger partial charge < -0.3 is 5.32 Å². The molecule has 0 aliphatic rings. The molecule has 0 amide bonds. The Labute approximate surface area is 92.2 Å². The second-order valence-corrected chi connectivity index (χ2v) is 3.56. The summed E-state index contributed by atoms with van der Waals surface area (Å²) in [6, 6.07) is 2.07. The van der Waals surface area contributed by atoms with Gasteiger partial charge in [-0.25, -0.2) is 0 Å². The van der Waals surface area contributed by atoms with Gasteiger partial charge in [-0.3, -0.25) is 4.68 Å². The molecule has 3 nitrogen and oxygen atoms in total. The quantitative estimate of drug-likeness (QED) is 0.725. The van der Waals surface area contributed by atoms with Crippen LogP contribution in [0.25, 0.3) is 5.57 Å². The molecule has 0 unspecified atom stereocenters. The first-order valence-corrected chi connectivity index (χ1v) is 5.69. The lowest BCUT2D eigenvalue weighted by Gasteiger charge is -2.05. The first-order chi connectivity index (χ1) is 7.29. The molecule has 0 spiro atoms. The molecule has 0 bridgehead atoms. The van der Waals surface area contributed by atoms with Gasteiger partial charge in [-0.15, -0.1) is 0 Å². The summed E-state index contributed by atoms with van der Waals surface area (Å²) in [5.41, 5.74) is 2.54. The Morgan fingerprint density at radius 2 is 2.33 bits per heavy atom. The Morgan fingerprint density at radius 1 is 1.53 bits per heavy atom. The SMILES string of the molecule is CCNCCC=C(C)c1ccnn1CC. The molecule has 0 aliphatic carbocycles. The fourth-order valence-corrected chi connectivity index (χ4v) is 1.59. The van der Waals surface area contributed by atoms with Crippen molar-refractivity contribution >= 4 is 5.57 Å². The zero-order valence-corrected chi connectivity index (χ0v) is 9.95. The van der Waals surface area contributed by atoms with Crippen molar-refractivity contribution in [3.63, 3.8) is 0 Å². The van der Waals surface area contributed by atoms with Crippen LogP contribution in [0.5, 0.6) is 0 Å². The lowest BCUT2D eigenvalue weighted by atomic mass is 10.2. The lowest BCUT2D eigenvalue weighted by Crippen LogP contribution is -2.13. The van der Waals surface area contributed by atoms with E-state index in [1.165, 1.54) is 11.3 Å². The van der Waals surface area contributed by atoms with Crippen LogP contribution in [-0.4, -0.2) is 22.9 Å². The van der Waals surface area contributed by atoms with E-state index in [0.29, 0.717) is 0 Å². The molecule has 15 heavy (non-hydrogen) atoms. The summed E-state index contributed by atoms with van der Waals surface area (Å²) in [6.07, 6.45) is 5.21. The highest BCUT2D eigenvalue weighted by Gasteiger charge is 2.01. The Kier molecular flexibility index (Phi) is 5.12. The number of aryl methyl sites for hydroxylation is 1. The van der Waals surface area contributed by atoms with E-state index >= 15 is 0 Å². The maximum Gasteiger partial charge on any atom is 0.0635 e. The maximum atomic E-state index is 4.26. The molecule has 1 aromatic heterocycles. The largest absolute Gasteiger partial charge is 0.317 e. The van der Waals surface area contributed by atoms with Gasteiger partial charge in [-0.2, -0.15) is 5.10 Å². The summed E-state index contributed by atoms with van der Waals surface area (Å²) >= 11 is 0. The van der Waals surface area contributed by atoms with Gasteiger partial charge in [0.15, 0.2) is 0 Å². The molecule has 1 aromatic rings. The summed E-state index contributed by atoms with van der Waals surface area (Å²) in [7, 11) is 0. The van der Waals surface area contributed by atoms with Gasteiger partial charge in [0.2, 0.25) is 0 Å². The normalized spacial score (nSPS) is 12.1. The van der Waals surface area contributed by atoms with Crippen LogP contribution in [0, 0.1) is 0 Å². The molecule has 0 aliphatic heterocycles. The van der Waals surface area contributed by atoms with Crippen LogP contribution >= 0.6 is 0 Å². The van der Waals surface area contributed by atoms with E-state index in [9.17, 15) is 0 Å². The monoisotopic (exact) mass is 207 g/mol. The van der Waals surface area contributed by atoms with Crippen molar-refractivity contribution in [2.75, 3.05) is 13.1 Å². The standard InChI is InChI=1S/C12H21N3/c1-4-13-9-6-7-11(3)12-8-10-14-15(12)5-2/h7-8,10,13H,4-6,9H2,1-3H3. The molecular formula is C12H21N3. The first-order valence-electron chi connectivity index (χ1n) is 5.69. The molecule has 84 valence electrons. The van der Waals surface area contributed by atoms with E-state index in [1.54, 1.807) is 0 Å². The molecule has 0 saturated heterocycles. The Bertz CT molecular complexity index is 312. The van der Waals surface area contributed by atoms with E-state index in [-0.39, 0.29) is 0 Å². The predicted octanol–water partition coefficient (Wildman–Crippen LogP) is 2.31. The van der Waals surface area contributed by atoms with E-state index in [2.05, 4.69) is 43.3 Å². The Hall–Kier alpha value is -1.09. The van der Waals surface area contributed by atoms with Gasteiger partial charge in [0.1, 0.15) is 0 Å². The van der Waals surface area contributed by atoms with Crippen LogP contribution in [0.4, 0.5) is 0 Å². The van der Waals surface area contributed by atoms with Crippen molar-refractivity contribution < 1.29 is 0 Å². The molecule has 1 heterocycles. The first kappa shape index (κ1) is 12.0. The van der Waals surface area contributed by atoms with Crippen molar-refractivity contribution in [1.29, 1.82) is 0 Å². The fraction of sp³-hybridized carbons (Fsp3) is 0.583. The minimum atomic E-state index is 0.931. The van der Waals surface area contributed by atoms with Crippen molar-refractivity contribution in [1.82, 2.24) is 15.1 Å². The minimum Gasteiger partial charge on any atom is -0.317 e. The predicted molar refractivity (Wildman–Crippen MR) is 64.7 cm³/mol. The molecule has 1 N–H and O–H groups in total. The zero-order valence-electron chi connectivity index (χ0n) is 9.95. The van der Waals surface area contributed by atoms with Gasteiger partial charge in [-0.05, 0) is 45.0 Å². The van der Waals surface area contributed by atoms with Crippen LogP contribution in [0.2, 0.25) is 0 Å². The maximum absolute atomic E-state index is 4.26. The van der Waals surface area contributed by atoms with Crippen molar-refractivity contribution in [3.8, 4) is 0 Å². The van der Waals surface area contributed by atoms with E-state index in [0.717, 1.165) is 26.1 Å². The van der Waals surface area contributed by atoms with Gasteiger partial charge in [0.05, 0.1) is 5.69 Å². The third-order valence-electron chi connectivity index (χ3n) is 2.44. The van der Waals surface area contributed by atoms with Crippen molar-refractivity contribution in [3.05, 3.63) is 24.0 Å². The van der Waals surface area contributed by atoms with E-state index < -0.39 is 0 Å². The molecule has 1 rings (SSSR count). The number of hydrogen-bond donors (Lipinski definition) is 1. The number of nitrogens with one attached hydrogen (secondary N) is 1. The fourth-order valence-electron chi connectivity index (χ4n) is 1.59. The van der Waals surface area contributed by atoms with Crippen molar-refractivity contribution in [2.45, 2.75) is 33.7 Å². The highest BCUT2D eigenvalue weighted by atomic mass is 15.3. The van der Waals surface area contributed by atoms with Crippen LogP contribution in [0.15, 0.2) is 18.3 Å². The second-order valence-electron chi connectivity index (χ2n) is 3.56. The minimum absolute atomic E-state index is 0.931. The number of aromatic nitrogens is 2. The van der Waals surface area contributed by atoms with Crippen molar-refractivity contribution in [2.24, 2.45) is 0 Å². The smallest absolute Gasteiger partial charge is 0.0635 e. The van der Waals surface area contributed by atoms with Crippen LogP contribution in [-0.2, 0) is 6.54 Å². The molecule has 0 atom stereocenters. The molecular weight excluding hydrogens is 186 g/mol. The number of hydrogen-bond acceptors (Lipinski definition) is 2. The summed E-state index contributed by atoms with van der Waals surface area (Å²) < 4.78 is 2.03. The number of nitrogens with zero attached hydrogens (tertiary/aromatic N) is 2. The summed E-state index contributed by atoms with van der Waals surface area (Å²) in [5.74, 6) is 0. The van der Waals surface area contributed by atoms with Crippen LogP contribution in [0.1, 0.15) is 32.9 Å². The van der Waals surface area contributed by atoms with Gasteiger partial charge >= 0.3 is 0 Å². The lowest BCUT2D eigenvalue weighted by molar-refractivity contribution is 0.650. The highest BCUT2D eigenvalue weighted by Crippen LogP contribution is 2.13. The van der Waals surface area contributed by atoms with Crippen LogP contribution in [0.3, 0.4) is 0 Å². The molecule has 0 radical (unpaired) electrons. The van der Waals surface area contributed by atoms with Gasteiger partial charge in [0, 0.05) is 12.7 Å². The molecule has 0 fully saturated rings. The average Bonchev–Trinajstić information content (AvgIpc) is 2.72. The Balaban J connectivity index is 2.55. The second kappa shape index (κ2) is 6.40. The highest BCUT2D eigenvalue weighted by molar-refractivity contribution is 5.60. The molecule has 0 aromatic carbocycles. The Morgan fingerprint density at radius 3 is 3.00 bits per heavy atom. The van der Waals surface area contributed by atoms with Crippen LogP contribution < -0.4 is 5.32 Å². The van der Waals surface area contributed by atoms with E-state index in [1.807, 2.05) is 10.9 Å². The van der Waals surface area contributed by atoms with Gasteiger partial charge in [0.25, 0.3) is 0 Å². The third kappa shape index (κ3) is 3.51. The summed E-state index contributed by atoms with van der Waals surface area (Å²) in [6.45, 7) is 9.41. The topological polar surface area (TPSA) is 29.9 Å². The number of allylic oxidation sites excluding steroid dienone is 1. The third-order valence-corrected chi connectivity index (χ3v) is 2.44. The molecule has 0 saturated carbocycles. The molecule has 3 heteroatoms. The van der Waals surface area contributed by atoms with Gasteiger partial charge in [-0.1, -0.05) is 13.0 Å². The number of rotatable bonds is 6. The summed E-state index contributed by atoms with van der Waals surface area (Å²) in [5, 5.41) is 7.57. The zero-order chi connectivity index (χ0) is 11.1. The average molecular weight is 207 g/mol. The van der Waals surface area contributed by atoms with E-state index in [4.69, 9.17) is 0 Å².